The third-order valence-corrected chi connectivity index (χ3v) is 6.90. The molecule has 1 aromatic heterocycles. The van der Waals surface area contributed by atoms with Crippen molar-refractivity contribution in [2.45, 2.75) is 39.2 Å². The van der Waals surface area contributed by atoms with Crippen molar-refractivity contribution in [1.29, 1.82) is 0 Å². The third-order valence-electron chi connectivity index (χ3n) is 6.00. The van der Waals surface area contributed by atoms with E-state index in [4.69, 9.17) is 0 Å². The van der Waals surface area contributed by atoms with Crippen LogP contribution in [-0.2, 0) is 22.6 Å². The number of aryl methyl sites for hydroxylation is 1. The average molecular weight is 400 g/mol. The highest BCUT2D eigenvalue weighted by Crippen LogP contribution is 2.49. The third kappa shape index (κ3) is 3.82. The number of nitrogens with one attached hydrogen (secondary N) is 1. The zero-order chi connectivity index (χ0) is 19.7. The average Bonchev–Trinajstić information content (AvgIpc) is 3.32. The molecule has 0 unspecified atom stereocenters. The molecule has 1 amide bonds. The van der Waals surface area contributed by atoms with Crippen molar-refractivity contribution < 1.29 is 14.7 Å². The number of carboxylic acid groups (broad SMARTS) is 1. The van der Waals surface area contributed by atoms with Gasteiger partial charge < -0.3 is 10.4 Å². The van der Waals surface area contributed by atoms with Gasteiger partial charge >= 0.3 is 5.97 Å². The highest BCUT2D eigenvalue weighted by Gasteiger charge is 2.54. The first kappa shape index (κ1) is 19.1. The standard InChI is InChI=1S/C21H25N3O3S/c1-14-4-6-16(7-5-14)22-18(25)9-19-23-17(12-28-19)11-24-10-15-3-2-8-21(15,13-24)20(26)27/h4-7,12,15H,2-3,8-11,13H2,1H3,(H,22,25)(H,26,27)/t15-,21+/m0/s1. The maximum absolute atomic E-state index is 12.3. The predicted molar refractivity (Wildman–Crippen MR) is 108 cm³/mol. The maximum Gasteiger partial charge on any atom is 0.311 e. The second-order valence-electron chi connectivity index (χ2n) is 8.04. The van der Waals surface area contributed by atoms with Gasteiger partial charge in [0, 0.05) is 30.7 Å². The molecular formula is C21H25N3O3S. The van der Waals surface area contributed by atoms with Crippen molar-refractivity contribution in [1.82, 2.24) is 9.88 Å². The van der Waals surface area contributed by atoms with Gasteiger partial charge in [0.1, 0.15) is 5.01 Å². The fourth-order valence-corrected chi connectivity index (χ4v) is 5.36. The molecular weight excluding hydrogens is 374 g/mol. The summed E-state index contributed by atoms with van der Waals surface area (Å²) in [5.41, 5.74) is 2.30. The van der Waals surface area contributed by atoms with Gasteiger partial charge in [0.25, 0.3) is 0 Å². The minimum Gasteiger partial charge on any atom is -0.481 e. The molecule has 1 aliphatic carbocycles. The van der Waals surface area contributed by atoms with E-state index >= 15 is 0 Å². The van der Waals surface area contributed by atoms with Crippen molar-refractivity contribution in [3.05, 3.63) is 45.9 Å². The second kappa shape index (κ2) is 7.64. The van der Waals surface area contributed by atoms with Gasteiger partial charge in [-0.1, -0.05) is 24.1 Å². The monoisotopic (exact) mass is 399 g/mol. The summed E-state index contributed by atoms with van der Waals surface area (Å²) in [5, 5.41) is 15.4. The molecule has 2 fully saturated rings. The number of anilines is 1. The molecule has 28 heavy (non-hydrogen) atoms. The summed E-state index contributed by atoms with van der Waals surface area (Å²) in [4.78, 5) is 30.9. The van der Waals surface area contributed by atoms with Gasteiger partial charge in [-0.15, -0.1) is 11.3 Å². The predicted octanol–water partition coefficient (Wildman–Crippen LogP) is 3.32. The number of hydrogen-bond donors (Lipinski definition) is 2. The molecule has 0 spiro atoms. The van der Waals surface area contributed by atoms with E-state index in [1.807, 2.05) is 36.6 Å². The number of rotatable bonds is 6. The lowest BCUT2D eigenvalue weighted by Gasteiger charge is -2.23. The topological polar surface area (TPSA) is 82.5 Å². The summed E-state index contributed by atoms with van der Waals surface area (Å²) < 4.78 is 0. The molecule has 148 valence electrons. The van der Waals surface area contributed by atoms with Crippen LogP contribution in [0.1, 0.15) is 35.5 Å². The lowest BCUT2D eigenvalue weighted by Crippen LogP contribution is -2.35. The quantitative estimate of drug-likeness (QED) is 0.779. The van der Waals surface area contributed by atoms with Crippen molar-refractivity contribution in [3.8, 4) is 0 Å². The molecule has 0 radical (unpaired) electrons. The molecule has 1 saturated heterocycles. The second-order valence-corrected chi connectivity index (χ2v) is 8.99. The molecule has 1 aliphatic heterocycles. The Hall–Kier alpha value is -2.25. The Morgan fingerprint density at radius 1 is 1.36 bits per heavy atom. The molecule has 1 aromatic carbocycles. The number of fused-ring (bicyclic) bond motifs is 1. The number of hydrogen-bond acceptors (Lipinski definition) is 5. The minimum atomic E-state index is -0.649. The van der Waals surface area contributed by atoms with Crippen molar-refractivity contribution in [3.63, 3.8) is 0 Å². The van der Waals surface area contributed by atoms with Gasteiger partial charge in [-0.3, -0.25) is 14.5 Å². The smallest absolute Gasteiger partial charge is 0.311 e. The van der Waals surface area contributed by atoms with Gasteiger partial charge in [-0.25, -0.2) is 4.98 Å². The number of carbonyl (C=O) groups excluding carboxylic acids is 1. The molecule has 1 saturated carbocycles. The zero-order valence-electron chi connectivity index (χ0n) is 16.0. The Bertz CT molecular complexity index is 879. The van der Waals surface area contributed by atoms with E-state index in [1.54, 1.807) is 0 Å². The Kier molecular flexibility index (Phi) is 5.21. The number of likely N-dealkylation sites (tertiary alicyclic amines) is 1. The number of carbonyl (C=O) groups is 2. The molecule has 2 N–H and O–H groups in total. The number of benzene rings is 1. The van der Waals surface area contributed by atoms with E-state index in [9.17, 15) is 14.7 Å². The van der Waals surface area contributed by atoms with Gasteiger partial charge in [-0.05, 0) is 37.8 Å². The SMILES string of the molecule is Cc1ccc(NC(=O)Cc2nc(CN3C[C@@H]4CCC[C@@]4(C(=O)O)C3)cs2)cc1. The fraction of sp³-hybridized carbons (Fsp3) is 0.476. The van der Waals surface area contributed by atoms with Crippen LogP contribution >= 0.6 is 11.3 Å². The summed E-state index contributed by atoms with van der Waals surface area (Å²) in [6, 6.07) is 7.71. The molecule has 2 aromatic rings. The van der Waals surface area contributed by atoms with Crippen molar-refractivity contribution >= 4 is 28.9 Å². The van der Waals surface area contributed by atoms with Gasteiger partial charge in [0.15, 0.2) is 0 Å². The summed E-state index contributed by atoms with van der Waals surface area (Å²) in [5.74, 6) is -0.474. The normalized spacial score (nSPS) is 24.2. The summed E-state index contributed by atoms with van der Waals surface area (Å²) in [6.45, 7) is 4.09. The number of aliphatic carboxylic acids is 1. The molecule has 2 aliphatic rings. The van der Waals surface area contributed by atoms with Crippen LogP contribution in [0.3, 0.4) is 0 Å². The first-order chi connectivity index (χ1) is 13.4. The van der Waals surface area contributed by atoms with Crippen molar-refractivity contribution in [2.24, 2.45) is 11.3 Å². The number of thiazole rings is 1. The summed E-state index contributed by atoms with van der Waals surface area (Å²) >= 11 is 1.49. The number of amides is 1. The Labute approximate surface area is 168 Å². The summed E-state index contributed by atoms with van der Waals surface area (Å²) in [7, 11) is 0. The summed E-state index contributed by atoms with van der Waals surface area (Å²) in [6.07, 6.45) is 3.05. The molecule has 6 nitrogen and oxygen atoms in total. The van der Waals surface area contributed by atoms with E-state index in [0.29, 0.717) is 13.1 Å². The van der Waals surface area contributed by atoms with E-state index < -0.39 is 11.4 Å². The molecule has 4 rings (SSSR count). The van der Waals surface area contributed by atoms with E-state index in [-0.39, 0.29) is 18.2 Å². The highest BCUT2D eigenvalue weighted by molar-refractivity contribution is 7.09. The first-order valence-electron chi connectivity index (χ1n) is 9.70. The maximum atomic E-state index is 12.3. The van der Waals surface area contributed by atoms with Crippen LogP contribution in [0.5, 0.6) is 0 Å². The first-order valence-corrected chi connectivity index (χ1v) is 10.6. The lowest BCUT2D eigenvalue weighted by atomic mass is 9.81. The van der Waals surface area contributed by atoms with Gasteiger partial charge in [0.05, 0.1) is 17.5 Å². The largest absolute Gasteiger partial charge is 0.481 e. The van der Waals surface area contributed by atoms with Gasteiger partial charge in [-0.2, -0.15) is 0 Å². The van der Waals surface area contributed by atoms with Crippen LogP contribution in [-0.4, -0.2) is 40.0 Å². The van der Waals surface area contributed by atoms with Crippen LogP contribution in [0.15, 0.2) is 29.6 Å². The molecule has 2 heterocycles. The molecule has 0 bridgehead atoms. The lowest BCUT2D eigenvalue weighted by molar-refractivity contribution is -0.149. The van der Waals surface area contributed by atoms with Gasteiger partial charge in [0.2, 0.25) is 5.91 Å². The van der Waals surface area contributed by atoms with Crippen LogP contribution in [0.2, 0.25) is 0 Å². The minimum absolute atomic E-state index is 0.0784. The van der Waals surface area contributed by atoms with Crippen LogP contribution < -0.4 is 5.32 Å². The number of nitrogens with zero attached hydrogens (tertiary/aromatic N) is 2. The Morgan fingerprint density at radius 3 is 2.86 bits per heavy atom. The van der Waals surface area contributed by atoms with E-state index in [1.165, 1.54) is 11.3 Å². The molecule has 2 atom stereocenters. The van der Waals surface area contributed by atoms with Crippen LogP contribution in [0.25, 0.3) is 0 Å². The Balaban J connectivity index is 1.33. The van der Waals surface area contributed by atoms with Crippen LogP contribution in [0.4, 0.5) is 5.69 Å². The van der Waals surface area contributed by atoms with E-state index in [0.717, 1.165) is 47.8 Å². The zero-order valence-corrected chi connectivity index (χ0v) is 16.8. The fourth-order valence-electron chi connectivity index (χ4n) is 4.57. The Morgan fingerprint density at radius 2 is 2.14 bits per heavy atom. The van der Waals surface area contributed by atoms with Crippen molar-refractivity contribution in [2.75, 3.05) is 18.4 Å². The number of aromatic nitrogens is 1. The molecule has 7 heteroatoms. The van der Waals surface area contributed by atoms with Crippen LogP contribution in [0, 0.1) is 18.3 Å². The highest BCUT2D eigenvalue weighted by atomic mass is 32.1. The van der Waals surface area contributed by atoms with E-state index in [2.05, 4.69) is 15.2 Å². The number of carboxylic acids is 1.